The average Bonchev–Trinajstić information content (AvgIpc) is 2.69. The largest absolute Gasteiger partial charge is 0.285 e. The molecule has 1 aliphatic rings. The second kappa shape index (κ2) is 4.31. The first-order chi connectivity index (χ1) is 6.45. The van der Waals surface area contributed by atoms with Gasteiger partial charge in [0.05, 0.1) is 5.69 Å². The number of hydrogen-bond acceptors (Lipinski definition) is 0. The van der Waals surface area contributed by atoms with Crippen molar-refractivity contribution in [2.24, 2.45) is 5.92 Å². The van der Waals surface area contributed by atoms with Gasteiger partial charge in [0, 0.05) is 6.54 Å². The van der Waals surface area contributed by atoms with Crippen LogP contribution in [-0.2, 0) is 0 Å². The van der Waals surface area contributed by atoms with E-state index in [0.29, 0.717) is 0 Å². The van der Waals surface area contributed by atoms with E-state index in [0.717, 1.165) is 18.2 Å². The highest BCUT2D eigenvalue weighted by atomic mass is 14.9. The van der Waals surface area contributed by atoms with E-state index in [1.807, 2.05) is 18.2 Å². The lowest BCUT2D eigenvalue weighted by Gasteiger charge is -2.08. The standard InChI is InChI=1S/C12H16N/c1-2-8-12(9-3-1)13-10-11-6-4-5-7-11/h1-3,8-9,11H,4-7,10H2. The van der Waals surface area contributed by atoms with Crippen LogP contribution in [0.3, 0.4) is 0 Å². The summed E-state index contributed by atoms with van der Waals surface area (Å²) < 4.78 is 0. The molecule has 1 fully saturated rings. The Morgan fingerprint density at radius 3 is 2.46 bits per heavy atom. The van der Waals surface area contributed by atoms with Crippen LogP contribution in [0, 0.1) is 5.92 Å². The molecule has 0 saturated heterocycles. The monoisotopic (exact) mass is 174 g/mol. The van der Waals surface area contributed by atoms with E-state index in [2.05, 4.69) is 17.4 Å². The maximum atomic E-state index is 4.59. The fourth-order valence-corrected chi connectivity index (χ4v) is 1.96. The van der Waals surface area contributed by atoms with Gasteiger partial charge < -0.3 is 0 Å². The highest BCUT2D eigenvalue weighted by molar-refractivity contribution is 5.34. The highest BCUT2D eigenvalue weighted by Gasteiger charge is 2.14. The highest BCUT2D eigenvalue weighted by Crippen LogP contribution is 2.24. The fraction of sp³-hybridized carbons (Fsp3) is 0.500. The first-order valence-corrected chi connectivity index (χ1v) is 5.18. The summed E-state index contributed by atoms with van der Waals surface area (Å²) in [6.07, 6.45) is 5.59. The zero-order valence-corrected chi connectivity index (χ0v) is 7.95. The third kappa shape index (κ3) is 2.48. The van der Waals surface area contributed by atoms with Crippen LogP contribution >= 0.6 is 0 Å². The van der Waals surface area contributed by atoms with Gasteiger partial charge in [-0.25, -0.2) is 0 Å². The predicted octanol–water partition coefficient (Wildman–Crippen LogP) is 3.11. The molecular formula is C12H16N. The molecule has 13 heavy (non-hydrogen) atoms. The summed E-state index contributed by atoms with van der Waals surface area (Å²) in [7, 11) is 0. The molecule has 1 saturated carbocycles. The van der Waals surface area contributed by atoms with Gasteiger partial charge in [0.2, 0.25) is 0 Å². The minimum Gasteiger partial charge on any atom is -0.285 e. The van der Waals surface area contributed by atoms with Crippen molar-refractivity contribution in [1.29, 1.82) is 0 Å². The first-order valence-electron chi connectivity index (χ1n) is 5.18. The van der Waals surface area contributed by atoms with E-state index >= 15 is 0 Å². The molecule has 0 bridgehead atoms. The van der Waals surface area contributed by atoms with Crippen LogP contribution in [0.1, 0.15) is 25.7 Å². The Morgan fingerprint density at radius 2 is 1.77 bits per heavy atom. The molecule has 0 amide bonds. The van der Waals surface area contributed by atoms with Crippen molar-refractivity contribution >= 4 is 5.69 Å². The predicted molar refractivity (Wildman–Crippen MR) is 55.1 cm³/mol. The number of rotatable bonds is 3. The van der Waals surface area contributed by atoms with Crippen molar-refractivity contribution in [3.05, 3.63) is 30.3 Å². The van der Waals surface area contributed by atoms with E-state index in [1.165, 1.54) is 25.7 Å². The zero-order valence-electron chi connectivity index (χ0n) is 7.95. The first kappa shape index (κ1) is 8.61. The molecular weight excluding hydrogens is 158 g/mol. The van der Waals surface area contributed by atoms with Crippen molar-refractivity contribution in [2.45, 2.75) is 25.7 Å². The van der Waals surface area contributed by atoms with Gasteiger partial charge in [-0.15, -0.1) is 0 Å². The second-order valence-electron chi connectivity index (χ2n) is 3.83. The zero-order chi connectivity index (χ0) is 8.93. The normalized spacial score (nSPS) is 17.5. The molecule has 0 atom stereocenters. The quantitative estimate of drug-likeness (QED) is 0.668. The van der Waals surface area contributed by atoms with Crippen molar-refractivity contribution in [2.75, 3.05) is 6.54 Å². The molecule has 0 spiro atoms. The maximum absolute atomic E-state index is 4.59. The Kier molecular flexibility index (Phi) is 2.86. The summed E-state index contributed by atoms with van der Waals surface area (Å²) >= 11 is 0. The van der Waals surface area contributed by atoms with Crippen molar-refractivity contribution in [1.82, 2.24) is 5.32 Å². The van der Waals surface area contributed by atoms with Gasteiger partial charge >= 0.3 is 0 Å². The average molecular weight is 174 g/mol. The topological polar surface area (TPSA) is 14.1 Å². The Hall–Kier alpha value is -0.980. The minimum absolute atomic E-state index is 0.861. The smallest absolute Gasteiger partial charge is 0.0574 e. The molecule has 0 N–H and O–H groups in total. The lowest BCUT2D eigenvalue weighted by Crippen LogP contribution is -2.09. The van der Waals surface area contributed by atoms with E-state index in [1.54, 1.807) is 0 Å². The molecule has 0 unspecified atom stereocenters. The third-order valence-corrected chi connectivity index (χ3v) is 2.76. The fourth-order valence-electron chi connectivity index (χ4n) is 1.96. The summed E-state index contributed by atoms with van der Waals surface area (Å²) in [5.41, 5.74) is 1.13. The summed E-state index contributed by atoms with van der Waals surface area (Å²) in [6, 6.07) is 10.3. The third-order valence-electron chi connectivity index (χ3n) is 2.76. The molecule has 0 aromatic heterocycles. The van der Waals surface area contributed by atoms with Gasteiger partial charge in [0.1, 0.15) is 0 Å². The van der Waals surface area contributed by atoms with E-state index in [9.17, 15) is 0 Å². The number of benzene rings is 1. The molecule has 69 valence electrons. The Balaban J connectivity index is 1.79. The Morgan fingerprint density at radius 1 is 1.08 bits per heavy atom. The van der Waals surface area contributed by atoms with Crippen LogP contribution in [0.25, 0.3) is 0 Å². The summed E-state index contributed by atoms with van der Waals surface area (Å²) in [5, 5.41) is 4.59. The van der Waals surface area contributed by atoms with Gasteiger partial charge in [0.15, 0.2) is 0 Å². The molecule has 1 aromatic rings. The van der Waals surface area contributed by atoms with Gasteiger partial charge in [-0.1, -0.05) is 31.0 Å². The van der Waals surface area contributed by atoms with E-state index in [-0.39, 0.29) is 0 Å². The lowest BCUT2D eigenvalue weighted by atomic mass is 10.1. The number of nitrogens with zero attached hydrogens (tertiary/aromatic N) is 1. The SMILES string of the molecule is c1ccc([N]CC2CCCC2)cc1. The van der Waals surface area contributed by atoms with Gasteiger partial charge in [-0.05, 0) is 30.9 Å². The Labute approximate surface area is 80.2 Å². The maximum Gasteiger partial charge on any atom is 0.0574 e. The van der Waals surface area contributed by atoms with Crippen LogP contribution in [0.5, 0.6) is 0 Å². The molecule has 0 heterocycles. The molecule has 0 aliphatic heterocycles. The molecule has 1 nitrogen and oxygen atoms in total. The Bertz CT molecular complexity index is 237. The molecule has 1 aliphatic carbocycles. The van der Waals surface area contributed by atoms with Crippen LogP contribution in [0.15, 0.2) is 30.3 Å². The van der Waals surface area contributed by atoms with Crippen molar-refractivity contribution in [3.63, 3.8) is 0 Å². The van der Waals surface area contributed by atoms with Gasteiger partial charge in [0.25, 0.3) is 0 Å². The van der Waals surface area contributed by atoms with Gasteiger partial charge in [-0.3, -0.25) is 5.32 Å². The van der Waals surface area contributed by atoms with Crippen LogP contribution in [0.4, 0.5) is 5.69 Å². The number of para-hydroxylation sites is 1. The van der Waals surface area contributed by atoms with E-state index in [4.69, 9.17) is 0 Å². The second-order valence-corrected chi connectivity index (χ2v) is 3.83. The molecule has 1 heteroatoms. The summed E-state index contributed by atoms with van der Waals surface area (Å²) in [6.45, 7) is 1.03. The van der Waals surface area contributed by atoms with Crippen LogP contribution in [-0.4, -0.2) is 6.54 Å². The van der Waals surface area contributed by atoms with E-state index < -0.39 is 0 Å². The summed E-state index contributed by atoms with van der Waals surface area (Å²) in [4.78, 5) is 0. The van der Waals surface area contributed by atoms with Crippen molar-refractivity contribution < 1.29 is 0 Å². The molecule has 1 aromatic carbocycles. The van der Waals surface area contributed by atoms with Crippen LogP contribution < -0.4 is 5.32 Å². The van der Waals surface area contributed by atoms with Crippen LogP contribution in [0.2, 0.25) is 0 Å². The molecule has 2 rings (SSSR count). The summed E-state index contributed by atoms with van der Waals surface area (Å²) in [5.74, 6) is 0.861. The molecule has 1 radical (unpaired) electrons. The van der Waals surface area contributed by atoms with Crippen molar-refractivity contribution in [3.8, 4) is 0 Å². The lowest BCUT2D eigenvalue weighted by molar-refractivity contribution is 0.525. The van der Waals surface area contributed by atoms with Gasteiger partial charge in [-0.2, -0.15) is 0 Å². The minimum atomic E-state index is 0.861. The number of hydrogen-bond donors (Lipinski definition) is 0.